The summed E-state index contributed by atoms with van der Waals surface area (Å²) in [4.78, 5) is 26.0. The number of hydrogen-bond acceptors (Lipinski definition) is 7. The molecule has 1 amide bonds. The normalized spacial score (nSPS) is 18.0. The second-order valence-corrected chi connectivity index (χ2v) is 7.93. The fourth-order valence-electron chi connectivity index (χ4n) is 3.67. The molecule has 2 aliphatic heterocycles. The Kier molecular flexibility index (Phi) is 4.45. The molecule has 26 heavy (non-hydrogen) atoms. The Morgan fingerprint density at radius 2 is 2.12 bits per heavy atom. The van der Waals surface area contributed by atoms with E-state index in [1.54, 1.807) is 11.8 Å². The summed E-state index contributed by atoms with van der Waals surface area (Å²) in [5.74, 6) is 2.19. The number of carbonyl (C=O) groups is 1. The van der Waals surface area contributed by atoms with E-state index in [0.717, 1.165) is 44.1 Å². The molecule has 0 saturated carbocycles. The van der Waals surface area contributed by atoms with Crippen LogP contribution >= 0.6 is 11.3 Å². The van der Waals surface area contributed by atoms with Crippen LogP contribution in [0, 0.1) is 17.0 Å². The molecule has 2 aromatic heterocycles. The van der Waals surface area contributed by atoms with Gasteiger partial charge in [-0.25, -0.2) is 0 Å². The van der Waals surface area contributed by atoms with Crippen LogP contribution in [-0.4, -0.2) is 50.1 Å². The lowest BCUT2D eigenvalue weighted by Gasteiger charge is -2.31. The number of likely N-dealkylation sites (tertiary alicyclic amines) is 1. The van der Waals surface area contributed by atoms with Gasteiger partial charge in [-0.2, -0.15) is 0 Å². The SMILES string of the molecule is Cc1sc(C(=O)N2CCC(c3nnc4n3CCNC4)CC2)cc1[N+](=O)[O-]. The van der Waals surface area contributed by atoms with Crippen molar-refractivity contribution in [2.75, 3.05) is 19.6 Å². The van der Waals surface area contributed by atoms with Crippen LogP contribution in [0.4, 0.5) is 5.69 Å². The van der Waals surface area contributed by atoms with Crippen LogP contribution in [0.25, 0.3) is 0 Å². The summed E-state index contributed by atoms with van der Waals surface area (Å²) in [5, 5.41) is 22.9. The number of aryl methyl sites for hydroxylation is 1. The highest BCUT2D eigenvalue weighted by Gasteiger charge is 2.30. The lowest BCUT2D eigenvalue weighted by molar-refractivity contribution is -0.385. The molecule has 2 aromatic rings. The Hall–Kier alpha value is -2.33. The molecule has 1 N–H and O–H groups in total. The number of aromatic nitrogens is 3. The number of piperidine rings is 1. The quantitative estimate of drug-likeness (QED) is 0.645. The number of nitrogens with zero attached hydrogens (tertiary/aromatic N) is 5. The van der Waals surface area contributed by atoms with E-state index >= 15 is 0 Å². The number of carbonyl (C=O) groups excluding carboxylic acids is 1. The molecule has 138 valence electrons. The first-order chi connectivity index (χ1) is 12.5. The zero-order valence-electron chi connectivity index (χ0n) is 14.5. The standard InChI is InChI=1S/C16H20N6O3S/c1-10-12(22(24)25)8-13(26-10)16(23)20-5-2-11(3-6-20)15-19-18-14-9-17-4-7-21(14)15/h8,11,17H,2-7,9H2,1H3. The number of hydrogen-bond donors (Lipinski definition) is 1. The molecule has 4 heterocycles. The maximum Gasteiger partial charge on any atom is 0.283 e. The molecule has 2 aliphatic rings. The van der Waals surface area contributed by atoms with Gasteiger partial charge in [-0.3, -0.25) is 14.9 Å². The highest BCUT2D eigenvalue weighted by molar-refractivity contribution is 7.14. The van der Waals surface area contributed by atoms with Gasteiger partial charge in [0.15, 0.2) is 0 Å². The second-order valence-electron chi connectivity index (χ2n) is 6.68. The molecule has 1 saturated heterocycles. The van der Waals surface area contributed by atoms with Crippen molar-refractivity contribution in [3.63, 3.8) is 0 Å². The van der Waals surface area contributed by atoms with Gasteiger partial charge in [0.05, 0.1) is 21.2 Å². The van der Waals surface area contributed by atoms with Gasteiger partial charge in [0.1, 0.15) is 11.6 Å². The Morgan fingerprint density at radius 3 is 2.81 bits per heavy atom. The number of fused-ring (bicyclic) bond motifs is 1. The minimum atomic E-state index is -0.432. The van der Waals surface area contributed by atoms with E-state index < -0.39 is 4.92 Å². The fourth-order valence-corrected chi connectivity index (χ4v) is 4.63. The first kappa shape index (κ1) is 17.1. The van der Waals surface area contributed by atoms with E-state index in [-0.39, 0.29) is 11.6 Å². The van der Waals surface area contributed by atoms with E-state index in [2.05, 4.69) is 20.1 Å². The highest BCUT2D eigenvalue weighted by Crippen LogP contribution is 2.32. The Morgan fingerprint density at radius 1 is 1.35 bits per heavy atom. The van der Waals surface area contributed by atoms with Crippen molar-refractivity contribution in [1.29, 1.82) is 0 Å². The molecule has 0 aliphatic carbocycles. The number of nitrogens with one attached hydrogen (secondary N) is 1. The Balaban J connectivity index is 1.43. The third-order valence-electron chi connectivity index (χ3n) is 5.10. The van der Waals surface area contributed by atoms with Crippen molar-refractivity contribution in [3.8, 4) is 0 Å². The molecule has 4 rings (SSSR count). The van der Waals surface area contributed by atoms with E-state index in [9.17, 15) is 14.9 Å². The molecule has 0 aromatic carbocycles. The van der Waals surface area contributed by atoms with E-state index in [1.165, 1.54) is 17.4 Å². The first-order valence-corrected chi connectivity index (χ1v) is 9.53. The van der Waals surface area contributed by atoms with Gasteiger partial charge in [-0.1, -0.05) is 0 Å². The van der Waals surface area contributed by atoms with Crippen LogP contribution in [0.3, 0.4) is 0 Å². The second kappa shape index (κ2) is 6.76. The van der Waals surface area contributed by atoms with Crippen molar-refractivity contribution in [1.82, 2.24) is 25.0 Å². The van der Waals surface area contributed by atoms with Crippen molar-refractivity contribution < 1.29 is 9.72 Å². The monoisotopic (exact) mass is 376 g/mol. The summed E-state index contributed by atoms with van der Waals surface area (Å²) < 4.78 is 2.20. The zero-order chi connectivity index (χ0) is 18.3. The first-order valence-electron chi connectivity index (χ1n) is 8.71. The highest BCUT2D eigenvalue weighted by atomic mass is 32.1. The van der Waals surface area contributed by atoms with Gasteiger partial charge in [-0.15, -0.1) is 21.5 Å². The predicted molar refractivity (Wildman–Crippen MR) is 95.3 cm³/mol. The third kappa shape index (κ3) is 2.99. The maximum absolute atomic E-state index is 12.7. The molecule has 1 fully saturated rings. The van der Waals surface area contributed by atoms with Crippen molar-refractivity contribution in [3.05, 3.63) is 37.6 Å². The van der Waals surface area contributed by atoms with Gasteiger partial charge in [0, 0.05) is 38.2 Å². The van der Waals surface area contributed by atoms with Gasteiger partial charge < -0.3 is 14.8 Å². The average Bonchev–Trinajstić information content (AvgIpc) is 3.25. The van der Waals surface area contributed by atoms with E-state index in [4.69, 9.17) is 0 Å². The molecule has 9 nitrogen and oxygen atoms in total. The zero-order valence-corrected chi connectivity index (χ0v) is 15.3. The minimum Gasteiger partial charge on any atom is -0.338 e. The van der Waals surface area contributed by atoms with Crippen LogP contribution in [0.15, 0.2) is 6.07 Å². The molecule has 0 atom stereocenters. The average molecular weight is 376 g/mol. The smallest absolute Gasteiger partial charge is 0.283 e. The summed E-state index contributed by atoms with van der Waals surface area (Å²) in [7, 11) is 0. The van der Waals surface area contributed by atoms with Crippen LogP contribution in [-0.2, 0) is 13.1 Å². The minimum absolute atomic E-state index is 0.0249. The van der Waals surface area contributed by atoms with Crippen LogP contribution in [0.1, 0.15) is 45.0 Å². The van der Waals surface area contributed by atoms with Crippen LogP contribution in [0.5, 0.6) is 0 Å². The number of amides is 1. The molecule has 0 unspecified atom stereocenters. The molecular weight excluding hydrogens is 356 g/mol. The maximum atomic E-state index is 12.7. The van der Waals surface area contributed by atoms with Crippen molar-refractivity contribution >= 4 is 22.9 Å². The van der Waals surface area contributed by atoms with Gasteiger partial charge >= 0.3 is 0 Å². The van der Waals surface area contributed by atoms with Crippen molar-refractivity contribution in [2.45, 2.75) is 38.8 Å². The summed E-state index contributed by atoms with van der Waals surface area (Å²) in [5.41, 5.74) is 0.0249. The Labute approximate surface area is 154 Å². The summed E-state index contributed by atoms with van der Waals surface area (Å²) >= 11 is 1.20. The third-order valence-corrected chi connectivity index (χ3v) is 6.13. The number of rotatable bonds is 3. The van der Waals surface area contributed by atoms with Crippen molar-refractivity contribution in [2.24, 2.45) is 0 Å². The fraction of sp³-hybridized carbons (Fsp3) is 0.562. The summed E-state index contributed by atoms with van der Waals surface area (Å²) in [6.07, 6.45) is 1.67. The lowest BCUT2D eigenvalue weighted by atomic mass is 9.95. The van der Waals surface area contributed by atoms with Gasteiger partial charge in [0.2, 0.25) is 0 Å². The Bertz CT molecular complexity index is 852. The molecule has 0 bridgehead atoms. The number of thiophene rings is 1. The molecular formula is C16H20N6O3S. The van der Waals surface area contributed by atoms with Gasteiger partial charge in [0.25, 0.3) is 11.6 Å². The molecule has 0 radical (unpaired) electrons. The van der Waals surface area contributed by atoms with Gasteiger partial charge in [-0.05, 0) is 19.8 Å². The van der Waals surface area contributed by atoms with Crippen LogP contribution < -0.4 is 5.32 Å². The summed E-state index contributed by atoms with van der Waals surface area (Å²) in [6, 6.07) is 1.40. The van der Waals surface area contributed by atoms with E-state index in [0.29, 0.717) is 28.8 Å². The molecule has 0 spiro atoms. The van der Waals surface area contributed by atoms with Crippen LogP contribution in [0.2, 0.25) is 0 Å². The predicted octanol–water partition coefficient (Wildman–Crippen LogP) is 1.68. The molecule has 10 heteroatoms. The van der Waals surface area contributed by atoms with E-state index in [1.807, 2.05) is 0 Å². The number of nitro groups is 1. The largest absolute Gasteiger partial charge is 0.338 e. The topological polar surface area (TPSA) is 106 Å². The lowest BCUT2D eigenvalue weighted by Crippen LogP contribution is -2.38. The summed E-state index contributed by atoms with van der Waals surface area (Å²) in [6.45, 7) is 5.50.